The Morgan fingerprint density at radius 3 is 2.90 bits per heavy atom. The number of nitrogens with one attached hydrogen (secondary N) is 1. The molecule has 2 rings (SSSR count). The minimum Gasteiger partial charge on any atom is -0.370 e. The normalized spacial score (nSPS) is 20.1. The number of guanidine groups is 1. The second-order valence-corrected chi connectivity index (χ2v) is 5.24. The van der Waals surface area contributed by atoms with E-state index in [1.165, 1.54) is 16.7 Å². The number of benzene rings is 1. The molecule has 1 aliphatic heterocycles. The predicted octanol–water partition coefficient (Wildman–Crippen LogP) is 2.27. The number of morpholine rings is 1. The van der Waals surface area contributed by atoms with E-state index in [1.807, 2.05) is 7.05 Å². The molecule has 1 unspecified atom stereocenters. The highest BCUT2D eigenvalue weighted by molar-refractivity contribution is 5.80. The largest absolute Gasteiger partial charge is 0.370 e. The summed E-state index contributed by atoms with van der Waals surface area (Å²) >= 11 is 0. The molecular formula is C16H25N3O. The molecular weight excluding hydrogens is 250 g/mol. The fourth-order valence-corrected chi connectivity index (χ4v) is 2.71. The van der Waals surface area contributed by atoms with E-state index in [-0.39, 0.29) is 6.10 Å². The monoisotopic (exact) mass is 275 g/mol. The van der Waals surface area contributed by atoms with Crippen LogP contribution in [0.1, 0.15) is 29.7 Å². The Bertz CT molecular complexity index is 485. The maximum atomic E-state index is 5.96. The minimum absolute atomic E-state index is 0.125. The zero-order chi connectivity index (χ0) is 14.5. The summed E-state index contributed by atoms with van der Waals surface area (Å²) in [6, 6.07) is 6.56. The molecule has 110 valence electrons. The van der Waals surface area contributed by atoms with E-state index >= 15 is 0 Å². The van der Waals surface area contributed by atoms with E-state index in [4.69, 9.17) is 4.74 Å². The van der Waals surface area contributed by atoms with Gasteiger partial charge in [-0.25, -0.2) is 0 Å². The highest BCUT2D eigenvalue weighted by Gasteiger charge is 2.24. The van der Waals surface area contributed by atoms with Crippen LogP contribution in [-0.2, 0) is 4.74 Å². The average Bonchev–Trinajstić information content (AvgIpc) is 2.45. The lowest BCUT2D eigenvalue weighted by Crippen LogP contribution is -2.48. The van der Waals surface area contributed by atoms with Gasteiger partial charge in [0, 0.05) is 20.1 Å². The summed E-state index contributed by atoms with van der Waals surface area (Å²) in [7, 11) is 1.83. The second kappa shape index (κ2) is 6.75. The third-order valence-electron chi connectivity index (χ3n) is 3.68. The number of ether oxygens (including phenoxy) is 1. The van der Waals surface area contributed by atoms with Crippen molar-refractivity contribution in [3.8, 4) is 0 Å². The van der Waals surface area contributed by atoms with Crippen molar-refractivity contribution in [3.05, 3.63) is 34.9 Å². The summed E-state index contributed by atoms with van der Waals surface area (Å²) in [5, 5.41) is 3.32. The minimum atomic E-state index is 0.125. The predicted molar refractivity (Wildman–Crippen MR) is 83.2 cm³/mol. The third-order valence-corrected chi connectivity index (χ3v) is 3.68. The van der Waals surface area contributed by atoms with Gasteiger partial charge in [-0.1, -0.05) is 23.8 Å². The number of rotatable bonds is 2. The Kier molecular flexibility index (Phi) is 5.01. The molecule has 20 heavy (non-hydrogen) atoms. The second-order valence-electron chi connectivity index (χ2n) is 5.24. The third kappa shape index (κ3) is 3.31. The number of aliphatic imine (C=N–C) groups is 1. The van der Waals surface area contributed by atoms with E-state index < -0.39 is 0 Å². The molecule has 0 amide bonds. The molecule has 0 aliphatic carbocycles. The van der Waals surface area contributed by atoms with Crippen molar-refractivity contribution in [3.63, 3.8) is 0 Å². The first-order chi connectivity index (χ1) is 9.65. The molecule has 1 fully saturated rings. The van der Waals surface area contributed by atoms with Crippen LogP contribution in [0.5, 0.6) is 0 Å². The number of hydrogen-bond donors (Lipinski definition) is 1. The summed E-state index contributed by atoms with van der Waals surface area (Å²) in [5.74, 6) is 0.963. The lowest BCUT2D eigenvalue weighted by Gasteiger charge is -2.35. The smallest absolute Gasteiger partial charge is 0.193 e. The Morgan fingerprint density at radius 1 is 1.45 bits per heavy atom. The van der Waals surface area contributed by atoms with E-state index in [0.29, 0.717) is 0 Å². The molecule has 1 N–H and O–H groups in total. The highest BCUT2D eigenvalue weighted by atomic mass is 16.5. The zero-order valence-corrected chi connectivity index (χ0v) is 12.9. The van der Waals surface area contributed by atoms with Gasteiger partial charge in [0.15, 0.2) is 5.96 Å². The van der Waals surface area contributed by atoms with Crippen molar-refractivity contribution in [1.29, 1.82) is 0 Å². The van der Waals surface area contributed by atoms with Gasteiger partial charge in [-0.2, -0.15) is 0 Å². The van der Waals surface area contributed by atoms with Crippen molar-refractivity contribution in [2.75, 3.05) is 33.3 Å². The van der Waals surface area contributed by atoms with Crippen LogP contribution in [-0.4, -0.2) is 44.1 Å². The van der Waals surface area contributed by atoms with Gasteiger partial charge in [0.25, 0.3) is 0 Å². The van der Waals surface area contributed by atoms with Crippen LogP contribution < -0.4 is 5.32 Å². The van der Waals surface area contributed by atoms with Crippen LogP contribution in [0.4, 0.5) is 0 Å². The summed E-state index contributed by atoms with van der Waals surface area (Å²) in [6.07, 6.45) is 0.125. The Morgan fingerprint density at radius 2 is 2.25 bits per heavy atom. The average molecular weight is 275 g/mol. The summed E-state index contributed by atoms with van der Waals surface area (Å²) < 4.78 is 5.96. The van der Waals surface area contributed by atoms with E-state index in [1.54, 1.807) is 0 Å². The lowest BCUT2D eigenvalue weighted by atomic mass is 10.00. The van der Waals surface area contributed by atoms with E-state index in [2.05, 4.69) is 54.2 Å². The van der Waals surface area contributed by atoms with Crippen molar-refractivity contribution < 1.29 is 4.74 Å². The van der Waals surface area contributed by atoms with Crippen molar-refractivity contribution >= 4 is 5.96 Å². The highest BCUT2D eigenvalue weighted by Crippen LogP contribution is 2.25. The van der Waals surface area contributed by atoms with Gasteiger partial charge in [-0.3, -0.25) is 4.99 Å². The first-order valence-electron chi connectivity index (χ1n) is 7.30. The topological polar surface area (TPSA) is 36.9 Å². The molecule has 1 heterocycles. The molecule has 0 aromatic heterocycles. The van der Waals surface area contributed by atoms with Crippen LogP contribution in [0.2, 0.25) is 0 Å². The van der Waals surface area contributed by atoms with Crippen LogP contribution in [0, 0.1) is 13.8 Å². The molecule has 1 aromatic carbocycles. The molecule has 4 nitrogen and oxygen atoms in total. The van der Waals surface area contributed by atoms with Crippen molar-refractivity contribution in [2.24, 2.45) is 4.99 Å². The van der Waals surface area contributed by atoms with Gasteiger partial charge in [-0.05, 0) is 31.9 Å². The maximum absolute atomic E-state index is 5.96. The fourth-order valence-electron chi connectivity index (χ4n) is 2.71. The van der Waals surface area contributed by atoms with Crippen LogP contribution in [0.3, 0.4) is 0 Å². The van der Waals surface area contributed by atoms with Crippen LogP contribution in [0.15, 0.2) is 23.2 Å². The standard InChI is InChI=1S/C16H25N3O/c1-5-18-16(17-4)19-8-9-20-15(11-19)14-7-6-12(2)10-13(14)3/h6-7,10,15H,5,8-9,11H2,1-4H3,(H,17,18). The molecule has 1 aliphatic rings. The Balaban J connectivity index is 2.14. The van der Waals surface area contributed by atoms with Gasteiger partial charge < -0.3 is 15.0 Å². The van der Waals surface area contributed by atoms with Gasteiger partial charge >= 0.3 is 0 Å². The number of nitrogens with zero attached hydrogens (tertiary/aromatic N) is 2. The molecule has 4 heteroatoms. The molecule has 0 radical (unpaired) electrons. The maximum Gasteiger partial charge on any atom is 0.193 e. The van der Waals surface area contributed by atoms with Gasteiger partial charge in [-0.15, -0.1) is 0 Å². The summed E-state index contributed by atoms with van der Waals surface area (Å²) in [4.78, 5) is 6.62. The SMILES string of the molecule is CCNC(=NC)N1CCOC(c2ccc(C)cc2C)C1. The lowest BCUT2D eigenvalue weighted by molar-refractivity contribution is -0.00828. The van der Waals surface area contributed by atoms with Gasteiger partial charge in [0.1, 0.15) is 6.10 Å². The van der Waals surface area contributed by atoms with Gasteiger partial charge in [0.05, 0.1) is 13.2 Å². The van der Waals surface area contributed by atoms with Crippen LogP contribution in [0.25, 0.3) is 0 Å². The molecule has 1 atom stereocenters. The zero-order valence-electron chi connectivity index (χ0n) is 12.9. The molecule has 0 bridgehead atoms. The van der Waals surface area contributed by atoms with Crippen molar-refractivity contribution in [2.45, 2.75) is 26.9 Å². The number of hydrogen-bond acceptors (Lipinski definition) is 2. The molecule has 1 aromatic rings. The van der Waals surface area contributed by atoms with Gasteiger partial charge in [0.2, 0.25) is 0 Å². The molecule has 0 spiro atoms. The molecule has 1 saturated heterocycles. The summed E-state index contributed by atoms with van der Waals surface area (Å²) in [5.41, 5.74) is 3.88. The van der Waals surface area contributed by atoms with E-state index in [0.717, 1.165) is 32.2 Å². The first kappa shape index (κ1) is 14.9. The number of aryl methyl sites for hydroxylation is 2. The van der Waals surface area contributed by atoms with Crippen LogP contribution >= 0.6 is 0 Å². The Labute approximate surface area is 121 Å². The van der Waals surface area contributed by atoms with Crippen molar-refractivity contribution in [1.82, 2.24) is 10.2 Å². The van der Waals surface area contributed by atoms with E-state index in [9.17, 15) is 0 Å². The quantitative estimate of drug-likeness (QED) is 0.664. The first-order valence-corrected chi connectivity index (χ1v) is 7.30. The molecule has 0 saturated carbocycles. The Hall–Kier alpha value is -1.55. The summed E-state index contributed by atoms with van der Waals surface area (Å²) in [6.45, 7) is 9.74. The fraction of sp³-hybridized carbons (Fsp3) is 0.562.